The lowest BCUT2D eigenvalue weighted by Crippen LogP contribution is -2.05. The maximum absolute atomic E-state index is 6.06. The highest BCUT2D eigenvalue weighted by Gasteiger charge is 2.10. The van der Waals surface area contributed by atoms with Gasteiger partial charge in [0.25, 0.3) is 0 Å². The summed E-state index contributed by atoms with van der Waals surface area (Å²) in [6, 6.07) is 55.5. The average Bonchev–Trinajstić information content (AvgIpc) is 3.42. The van der Waals surface area contributed by atoms with Crippen LogP contribution in [0.4, 0.5) is 0 Å². The molecule has 16 bridgehead atoms. The molecular formula is C60H60N4O8. The fourth-order valence-corrected chi connectivity index (χ4v) is 7.82. The summed E-state index contributed by atoms with van der Waals surface area (Å²) in [7, 11) is 0. The number of aromatic nitrogens is 4. The van der Waals surface area contributed by atoms with Crippen molar-refractivity contribution in [1.29, 1.82) is 0 Å². The van der Waals surface area contributed by atoms with Crippen LogP contribution >= 0.6 is 0 Å². The van der Waals surface area contributed by atoms with Crippen molar-refractivity contribution in [2.24, 2.45) is 0 Å². The average molecular weight is 965 g/mol. The zero-order valence-corrected chi connectivity index (χ0v) is 40.5. The largest absolute Gasteiger partial charge is 0.494 e. The predicted molar refractivity (Wildman–Crippen MR) is 278 cm³/mol. The number of pyridine rings is 4. The molecule has 12 nitrogen and oxygen atoms in total. The van der Waals surface area contributed by atoms with Gasteiger partial charge in [-0.15, -0.1) is 0 Å². The van der Waals surface area contributed by atoms with Crippen molar-refractivity contribution in [3.8, 4) is 69.3 Å². The van der Waals surface area contributed by atoms with E-state index in [4.69, 9.17) is 57.8 Å². The molecule has 0 amide bonds. The molecule has 0 fully saturated rings. The summed E-state index contributed by atoms with van der Waals surface area (Å²) < 4.78 is 48.3. The fourth-order valence-electron chi connectivity index (χ4n) is 7.82. The first-order valence-corrected chi connectivity index (χ1v) is 24.9. The van der Waals surface area contributed by atoms with Gasteiger partial charge in [-0.25, -0.2) is 19.9 Å². The minimum atomic E-state index is 0.487. The van der Waals surface area contributed by atoms with Crippen LogP contribution in [0.3, 0.4) is 0 Å². The van der Waals surface area contributed by atoms with E-state index in [9.17, 15) is 0 Å². The van der Waals surface area contributed by atoms with Crippen molar-refractivity contribution in [3.63, 3.8) is 0 Å². The molecule has 7 aliphatic heterocycles. The van der Waals surface area contributed by atoms with Crippen LogP contribution in [0.25, 0.3) is 22.8 Å². The third-order valence-electron chi connectivity index (χ3n) is 11.8. The second kappa shape index (κ2) is 26.2. The molecule has 0 N–H and O–H groups in total. The van der Waals surface area contributed by atoms with Gasteiger partial charge in [0.15, 0.2) is 0 Å². The normalized spacial score (nSPS) is 14.7. The molecule has 0 unspecified atom stereocenters. The van der Waals surface area contributed by atoms with Crippen LogP contribution in [0, 0.1) is 0 Å². The first kappa shape index (κ1) is 48.9. The molecule has 7 aliphatic rings. The molecule has 4 aromatic heterocycles. The third kappa shape index (κ3) is 15.4. The van der Waals surface area contributed by atoms with E-state index in [0.29, 0.717) is 99.2 Å². The number of hydrogen-bond donors (Lipinski definition) is 0. The molecule has 0 radical (unpaired) electrons. The van der Waals surface area contributed by atoms with E-state index < -0.39 is 0 Å². The highest BCUT2D eigenvalue weighted by Crippen LogP contribution is 2.24. The second-order valence-corrected chi connectivity index (χ2v) is 17.2. The summed E-state index contributed by atoms with van der Waals surface area (Å²) in [4.78, 5) is 18.9. The van der Waals surface area contributed by atoms with E-state index >= 15 is 0 Å². The van der Waals surface area contributed by atoms with E-state index in [-0.39, 0.29) is 0 Å². The summed E-state index contributed by atoms with van der Waals surface area (Å²) >= 11 is 0. The van der Waals surface area contributed by atoms with E-state index in [1.54, 1.807) is 0 Å². The zero-order chi connectivity index (χ0) is 48.8. The Kier molecular flexibility index (Phi) is 17.8. The number of nitrogens with zero attached hydrogens (tertiary/aromatic N) is 4. The Bertz CT molecular complexity index is 2490. The second-order valence-electron chi connectivity index (χ2n) is 17.2. The molecule has 11 heterocycles. The molecule has 0 atom stereocenters. The van der Waals surface area contributed by atoms with Crippen molar-refractivity contribution in [1.82, 2.24) is 19.9 Å². The van der Waals surface area contributed by atoms with Gasteiger partial charge in [0.2, 0.25) is 23.5 Å². The van der Waals surface area contributed by atoms with E-state index in [2.05, 4.69) is 48.5 Å². The van der Waals surface area contributed by atoms with Crippen LogP contribution in [-0.2, 0) is 25.7 Å². The summed E-state index contributed by atoms with van der Waals surface area (Å²) in [5.41, 5.74) is 7.48. The molecule has 4 aromatic carbocycles. The zero-order valence-electron chi connectivity index (χ0n) is 40.5. The minimum Gasteiger partial charge on any atom is -0.494 e. The Hall–Kier alpha value is -8.12. The number of hydrogen-bond acceptors (Lipinski definition) is 12. The molecule has 72 heavy (non-hydrogen) atoms. The quantitative estimate of drug-likeness (QED) is 0.144. The van der Waals surface area contributed by atoms with Crippen LogP contribution < -0.4 is 37.9 Å². The Morgan fingerprint density at radius 1 is 0.222 bits per heavy atom. The number of rotatable bonds is 0. The highest BCUT2D eigenvalue weighted by molar-refractivity contribution is 5.56. The standard InChI is InChI=1S/C60H60N4O8/c1-2-38-66-50-27-19-46(20-28-50)34-42-70-58-14-6-10-55(62-58)56-12-8-16-60(64-56)72-44-36-48-23-31-52(32-24-48)68-40-4-3-39-67-51-29-21-47(22-30-51)35-43-71-59-15-7-11-54(63-59)53-9-5-13-57(61-53)69-41-33-45-17-25-49(26-18-45)65-37-1/h5-32H,1-4,33-44H2. The molecule has 0 spiro atoms. The van der Waals surface area contributed by atoms with Gasteiger partial charge in [0, 0.05) is 49.9 Å². The van der Waals surface area contributed by atoms with Crippen molar-refractivity contribution in [2.75, 3.05) is 52.9 Å². The highest BCUT2D eigenvalue weighted by atomic mass is 16.5. The van der Waals surface area contributed by atoms with Crippen LogP contribution in [-0.4, -0.2) is 72.8 Å². The van der Waals surface area contributed by atoms with Crippen molar-refractivity contribution in [2.45, 2.75) is 51.4 Å². The lowest BCUT2D eigenvalue weighted by molar-refractivity contribution is 0.266. The van der Waals surface area contributed by atoms with Crippen molar-refractivity contribution in [3.05, 3.63) is 192 Å². The maximum atomic E-state index is 6.06. The third-order valence-corrected chi connectivity index (χ3v) is 11.8. The summed E-state index contributed by atoms with van der Waals surface area (Å²) in [6.07, 6.45) is 6.46. The fraction of sp³-hybridized carbons (Fsp3) is 0.267. The molecular weight excluding hydrogens is 905 g/mol. The van der Waals surface area contributed by atoms with Gasteiger partial charge in [-0.2, -0.15) is 0 Å². The number of benzene rings is 4. The van der Waals surface area contributed by atoms with Crippen LogP contribution in [0.1, 0.15) is 47.9 Å². The molecule has 368 valence electrons. The molecule has 0 saturated heterocycles. The Balaban J connectivity index is 0.770. The number of ether oxygens (including phenoxy) is 8. The molecule has 0 aliphatic carbocycles. The summed E-state index contributed by atoms with van der Waals surface area (Å²) in [5, 5.41) is 0. The summed E-state index contributed by atoms with van der Waals surface area (Å²) in [6.45, 7) is 4.40. The molecule has 0 saturated carbocycles. The topological polar surface area (TPSA) is 125 Å². The van der Waals surface area contributed by atoms with Gasteiger partial charge in [0.05, 0.1) is 75.6 Å². The van der Waals surface area contributed by atoms with Crippen LogP contribution in [0.2, 0.25) is 0 Å². The first-order chi connectivity index (χ1) is 35.6. The maximum Gasteiger partial charge on any atom is 0.213 e. The molecule has 8 aromatic rings. The SMILES string of the molecule is c1cc2nc(c1)-c1cccc(n1)OCCc1ccc(cc1)OCCCCOc1ccc(cc1)CCOc1cccc(n1)-c1cccc(n1)OCCc1ccc(cc1)OCCCCOc1ccc(cc1)CCO2. The van der Waals surface area contributed by atoms with E-state index in [0.717, 1.165) is 96.6 Å². The lowest BCUT2D eigenvalue weighted by atomic mass is 10.1. The van der Waals surface area contributed by atoms with Gasteiger partial charge in [-0.05, 0) is 121 Å². The van der Waals surface area contributed by atoms with Crippen LogP contribution in [0.15, 0.2) is 170 Å². The van der Waals surface area contributed by atoms with E-state index in [1.807, 2.05) is 121 Å². The Labute approximate surface area is 421 Å². The van der Waals surface area contributed by atoms with Crippen molar-refractivity contribution >= 4 is 0 Å². The van der Waals surface area contributed by atoms with Gasteiger partial charge >= 0.3 is 0 Å². The Morgan fingerprint density at radius 3 is 0.667 bits per heavy atom. The van der Waals surface area contributed by atoms with Crippen molar-refractivity contribution < 1.29 is 37.9 Å². The summed E-state index contributed by atoms with van der Waals surface area (Å²) in [5.74, 6) is 5.55. The lowest BCUT2D eigenvalue weighted by Gasteiger charge is -2.11. The van der Waals surface area contributed by atoms with Gasteiger partial charge in [-0.3, -0.25) is 0 Å². The minimum absolute atomic E-state index is 0.487. The monoisotopic (exact) mass is 964 g/mol. The predicted octanol–water partition coefficient (Wildman–Crippen LogP) is 11.9. The Morgan fingerprint density at radius 2 is 0.444 bits per heavy atom. The molecule has 12 heteroatoms. The van der Waals surface area contributed by atoms with Gasteiger partial charge < -0.3 is 37.9 Å². The van der Waals surface area contributed by atoms with Crippen LogP contribution in [0.5, 0.6) is 46.5 Å². The molecule has 15 rings (SSSR count). The smallest absolute Gasteiger partial charge is 0.213 e. The van der Waals surface area contributed by atoms with Gasteiger partial charge in [0.1, 0.15) is 23.0 Å². The van der Waals surface area contributed by atoms with Gasteiger partial charge in [-0.1, -0.05) is 72.8 Å². The first-order valence-electron chi connectivity index (χ1n) is 24.9. The van der Waals surface area contributed by atoms with E-state index in [1.165, 1.54) is 0 Å².